The molecular formula is C20H24N2O2. The molecule has 0 saturated carbocycles. The summed E-state index contributed by atoms with van der Waals surface area (Å²) in [6.45, 7) is 5.46. The quantitative estimate of drug-likeness (QED) is 0.830. The second-order valence-corrected chi connectivity index (χ2v) is 5.60. The van der Waals surface area contributed by atoms with Gasteiger partial charge in [-0.25, -0.2) is 0 Å². The van der Waals surface area contributed by atoms with Gasteiger partial charge < -0.3 is 10.2 Å². The van der Waals surface area contributed by atoms with Crippen LogP contribution in [0.2, 0.25) is 0 Å². The van der Waals surface area contributed by atoms with Crippen molar-refractivity contribution in [3.8, 4) is 0 Å². The molecule has 0 radical (unpaired) electrons. The molecule has 2 aromatic carbocycles. The lowest BCUT2D eigenvalue weighted by molar-refractivity contribution is 0.0763. The van der Waals surface area contributed by atoms with Gasteiger partial charge >= 0.3 is 0 Å². The Bertz CT molecular complexity index is 683. The van der Waals surface area contributed by atoms with Gasteiger partial charge in [0.2, 0.25) is 0 Å². The number of nitrogens with zero attached hydrogens (tertiary/aromatic N) is 1. The molecule has 0 fully saturated rings. The molecule has 0 saturated heterocycles. The molecule has 24 heavy (non-hydrogen) atoms. The molecule has 0 aliphatic heterocycles. The van der Waals surface area contributed by atoms with E-state index < -0.39 is 0 Å². The van der Waals surface area contributed by atoms with Crippen LogP contribution in [0.1, 0.15) is 47.4 Å². The summed E-state index contributed by atoms with van der Waals surface area (Å²) in [5.74, 6) is -0.262. The third kappa shape index (κ3) is 4.44. The molecule has 2 aromatic rings. The number of rotatable bonds is 7. The zero-order chi connectivity index (χ0) is 17.4. The van der Waals surface area contributed by atoms with E-state index in [9.17, 15) is 9.59 Å². The second-order valence-electron chi connectivity index (χ2n) is 5.60. The molecular weight excluding hydrogens is 300 g/mol. The Kier molecular flexibility index (Phi) is 6.55. The predicted molar refractivity (Wildman–Crippen MR) is 97.3 cm³/mol. The lowest BCUT2D eigenvalue weighted by Crippen LogP contribution is -2.32. The first-order valence-electron chi connectivity index (χ1n) is 8.42. The van der Waals surface area contributed by atoms with Crippen molar-refractivity contribution in [2.24, 2.45) is 0 Å². The van der Waals surface area contributed by atoms with Crippen molar-refractivity contribution in [2.45, 2.75) is 26.7 Å². The van der Waals surface area contributed by atoms with Crippen LogP contribution < -0.4 is 5.32 Å². The maximum absolute atomic E-state index is 12.8. The fraction of sp³-hybridized carbons (Fsp3) is 0.300. The van der Waals surface area contributed by atoms with E-state index >= 15 is 0 Å². The van der Waals surface area contributed by atoms with E-state index in [1.54, 1.807) is 24.3 Å². The monoisotopic (exact) mass is 324 g/mol. The van der Waals surface area contributed by atoms with Gasteiger partial charge in [-0.1, -0.05) is 43.7 Å². The van der Waals surface area contributed by atoms with Crippen LogP contribution >= 0.6 is 0 Å². The van der Waals surface area contributed by atoms with E-state index in [1.807, 2.05) is 42.2 Å². The second kappa shape index (κ2) is 8.87. The number of nitrogens with one attached hydrogen (secondary N) is 1. The Labute approximate surface area is 143 Å². The van der Waals surface area contributed by atoms with Gasteiger partial charge in [-0.05, 0) is 37.6 Å². The van der Waals surface area contributed by atoms with Gasteiger partial charge in [-0.3, -0.25) is 9.59 Å². The molecule has 4 nitrogen and oxygen atoms in total. The van der Waals surface area contributed by atoms with Crippen molar-refractivity contribution < 1.29 is 9.59 Å². The van der Waals surface area contributed by atoms with Gasteiger partial charge in [0.1, 0.15) is 0 Å². The summed E-state index contributed by atoms with van der Waals surface area (Å²) in [5.41, 5.74) is 1.64. The van der Waals surface area contributed by atoms with Crippen molar-refractivity contribution in [1.82, 2.24) is 4.90 Å². The summed E-state index contributed by atoms with van der Waals surface area (Å²) in [7, 11) is 0. The molecule has 0 unspecified atom stereocenters. The minimum atomic E-state index is -0.215. The molecule has 0 aliphatic rings. The van der Waals surface area contributed by atoms with Gasteiger partial charge in [0.25, 0.3) is 11.8 Å². The van der Waals surface area contributed by atoms with Gasteiger partial charge in [0, 0.05) is 18.7 Å². The topological polar surface area (TPSA) is 49.4 Å². The fourth-order valence-electron chi connectivity index (χ4n) is 2.49. The zero-order valence-corrected chi connectivity index (χ0v) is 14.3. The maximum Gasteiger partial charge on any atom is 0.255 e. The van der Waals surface area contributed by atoms with E-state index in [1.165, 1.54) is 0 Å². The van der Waals surface area contributed by atoms with E-state index in [-0.39, 0.29) is 11.8 Å². The molecule has 1 N–H and O–H groups in total. The van der Waals surface area contributed by atoms with E-state index in [0.717, 1.165) is 19.4 Å². The van der Waals surface area contributed by atoms with Gasteiger partial charge in [0.05, 0.1) is 11.3 Å². The summed E-state index contributed by atoms with van der Waals surface area (Å²) in [5, 5.41) is 2.86. The average Bonchev–Trinajstić information content (AvgIpc) is 2.63. The SMILES string of the molecule is CCCCN(CC)C(=O)c1ccccc1NC(=O)c1ccccc1. The van der Waals surface area contributed by atoms with Crippen LogP contribution in [-0.4, -0.2) is 29.8 Å². The molecule has 2 rings (SSSR count). The molecule has 4 heteroatoms. The van der Waals surface area contributed by atoms with Crippen LogP contribution in [0, 0.1) is 0 Å². The van der Waals surface area contributed by atoms with Crippen molar-refractivity contribution >= 4 is 17.5 Å². The first-order valence-corrected chi connectivity index (χ1v) is 8.42. The average molecular weight is 324 g/mol. The molecule has 0 spiro atoms. The minimum Gasteiger partial charge on any atom is -0.339 e. The smallest absolute Gasteiger partial charge is 0.255 e. The number of carbonyl (C=O) groups is 2. The minimum absolute atomic E-state index is 0.0464. The number of benzene rings is 2. The summed E-state index contributed by atoms with van der Waals surface area (Å²) >= 11 is 0. The highest BCUT2D eigenvalue weighted by Crippen LogP contribution is 2.19. The summed E-state index contributed by atoms with van der Waals surface area (Å²) in [6, 6.07) is 16.2. The normalized spacial score (nSPS) is 10.2. The van der Waals surface area contributed by atoms with Crippen molar-refractivity contribution in [3.63, 3.8) is 0 Å². The van der Waals surface area contributed by atoms with E-state index in [2.05, 4.69) is 12.2 Å². The maximum atomic E-state index is 12.8. The summed E-state index contributed by atoms with van der Waals surface area (Å²) < 4.78 is 0. The van der Waals surface area contributed by atoms with Crippen LogP contribution in [0.25, 0.3) is 0 Å². The number of unbranched alkanes of at least 4 members (excludes halogenated alkanes) is 1. The number of amides is 2. The highest BCUT2D eigenvalue weighted by molar-refractivity contribution is 6.08. The fourth-order valence-corrected chi connectivity index (χ4v) is 2.49. The molecule has 0 aromatic heterocycles. The van der Waals surface area contributed by atoms with Crippen LogP contribution in [0.15, 0.2) is 54.6 Å². The summed E-state index contributed by atoms with van der Waals surface area (Å²) in [6.07, 6.45) is 2.01. The molecule has 0 atom stereocenters. The van der Waals surface area contributed by atoms with E-state index in [0.29, 0.717) is 23.4 Å². The summed E-state index contributed by atoms with van der Waals surface area (Å²) in [4.78, 5) is 27.0. The molecule has 0 bridgehead atoms. The zero-order valence-electron chi connectivity index (χ0n) is 14.3. The van der Waals surface area contributed by atoms with Crippen LogP contribution in [0.4, 0.5) is 5.69 Å². The first kappa shape index (κ1) is 17.7. The highest BCUT2D eigenvalue weighted by atomic mass is 16.2. The van der Waals surface area contributed by atoms with Crippen molar-refractivity contribution in [2.75, 3.05) is 18.4 Å². The van der Waals surface area contributed by atoms with Gasteiger partial charge in [-0.2, -0.15) is 0 Å². The van der Waals surface area contributed by atoms with Gasteiger partial charge in [-0.15, -0.1) is 0 Å². The van der Waals surface area contributed by atoms with Crippen LogP contribution in [0.5, 0.6) is 0 Å². The van der Waals surface area contributed by atoms with Crippen molar-refractivity contribution in [3.05, 3.63) is 65.7 Å². The number of hydrogen-bond donors (Lipinski definition) is 1. The standard InChI is InChI=1S/C20H24N2O2/c1-3-5-15-22(4-2)20(24)17-13-9-10-14-18(17)21-19(23)16-11-7-6-8-12-16/h6-14H,3-5,15H2,1-2H3,(H,21,23). The number of para-hydroxylation sites is 1. The highest BCUT2D eigenvalue weighted by Gasteiger charge is 2.18. The Morgan fingerprint density at radius 2 is 1.62 bits per heavy atom. The third-order valence-electron chi connectivity index (χ3n) is 3.89. The number of hydrogen-bond acceptors (Lipinski definition) is 2. The van der Waals surface area contributed by atoms with Crippen LogP contribution in [-0.2, 0) is 0 Å². The largest absolute Gasteiger partial charge is 0.339 e. The lowest BCUT2D eigenvalue weighted by Gasteiger charge is -2.22. The molecule has 0 aliphatic carbocycles. The Balaban J connectivity index is 2.20. The molecule has 0 heterocycles. The Hall–Kier alpha value is -2.62. The van der Waals surface area contributed by atoms with E-state index in [4.69, 9.17) is 0 Å². The molecule has 126 valence electrons. The van der Waals surface area contributed by atoms with Crippen LogP contribution in [0.3, 0.4) is 0 Å². The lowest BCUT2D eigenvalue weighted by atomic mass is 10.1. The number of carbonyl (C=O) groups excluding carboxylic acids is 2. The van der Waals surface area contributed by atoms with Crippen molar-refractivity contribution in [1.29, 1.82) is 0 Å². The number of anilines is 1. The Morgan fingerprint density at radius 3 is 2.29 bits per heavy atom. The molecule has 2 amide bonds. The Morgan fingerprint density at radius 1 is 0.958 bits per heavy atom. The predicted octanol–water partition coefficient (Wildman–Crippen LogP) is 4.20. The van der Waals surface area contributed by atoms with Gasteiger partial charge in [0.15, 0.2) is 0 Å². The first-order chi connectivity index (χ1) is 11.7. The third-order valence-corrected chi connectivity index (χ3v) is 3.89.